The van der Waals surface area contributed by atoms with Gasteiger partial charge in [-0.1, -0.05) is 302 Å². The zero-order chi connectivity index (χ0) is 77.4. The van der Waals surface area contributed by atoms with E-state index < -0.39 is 97.5 Å². The molecule has 0 aliphatic rings. The van der Waals surface area contributed by atoms with Gasteiger partial charge in [-0.3, -0.25) is 37.3 Å². The summed E-state index contributed by atoms with van der Waals surface area (Å²) in [6.45, 7) is 4.51. The number of aliphatic hydroxyl groups is 1. The van der Waals surface area contributed by atoms with Gasteiger partial charge in [0.1, 0.15) is 19.3 Å². The fraction of sp³-hybridized carbons (Fsp3) is 0.678. The number of unbranched alkanes of at least 4 members (excludes halogenated alkanes) is 26. The molecule has 0 aliphatic carbocycles. The van der Waals surface area contributed by atoms with Gasteiger partial charge in [-0.05, 0) is 141 Å². The van der Waals surface area contributed by atoms with E-state index in [4.69, 9.17) is 37.0 Å². The van der Waals surface area contributed by atoms with Crippen LogP contribution in [0.3, 0.4) is 0 Å². The maximum atomic E-state index is 13.1. The van der Waals surface area contributed by atoms with E-state index in [9.17, 15) is 43.2 Å². The molecule has 106 heavy (non-hydrogen) atoms. The Morgan fingerprint density at radius 2 is 0.509 bits per heavy atom. The van der Waals surface area contributed by atoms with Crippen LogP contribution in [-0.2, 0) is 65.4 Å². The minimum Gasteiger partial charge on any atom is -0.462 e. The molecule has 0 saturated carbocycles. The number of ether oxygens (including phenoxy) is 4. The van der Waals surface area contributed by atoms with E-state index in [1.807, 2.05) is 0 Å². The molecular formula is C87H146O17P2. The lowest BCUT2D eigenvalue weighted by Gasteiger charge is -2.21. The van der Waals surface area contributed by atoms with Crippen molar-refractivity contribution in [1.29, 1.82) is 0 Å². The van der Waals surface area contributed by atoms with Gasteiger partial charge in [0.15, 0.2) is 12.2 Å². The Morgan fingerprint density at radius 1 is 0.274 bits per heavy atom. The molecule has 0 fully saturated rings. The van der Waals surface area contributed by atoms with Crippen LogP contribution >= 0.6 is 15.6 Å². The lowest BCUT2D eigenvalue weighted by molar-refractivity contribution is -0.161. The van der Waals surface area contributed by atoms with Crippen LogP contribution < -0.4 is 0 Å². The zero-order valence-corrected chi connectivity index (χ0v) is 68.1. The average molecular weight is 1530 g/mol. The summed E-state index contributed by atoms with van der Waals surface area (Å²) in [6.07, 6.45) is 89.6. The third kappa shape index (κ3) is 77.1. The lowest BCUT2D eigenvalue weighted by Crippen LogP contribution is -2.30. The summed E-state index contributed by atoms with van der Waals surface area (Å²) in [7, 11) is -9.99. The summed E-state index contributed by atoms with van der Waals surface area (Å²) in [5.41, 5.74) is 0. The monoisotopic (exact) mass is 1530 g/mol. The van der Waals surface area contributed by atoms with E-state index in [0.29, 0.717) is 25.7 Å². The van der Waals surface area contributed by atoms with Crippen molar-refractivity contribution in [2.45, 2.75) is 341 Å². The molecule has 606 valence electrons. The molecule has 0 heterocycles. The highest BCUT2D eigenvalue weighted by Gasteiger charge is 2.30. The highest BCUT2D eigenvalue weighted by atomic mass is 31.2. The number of phosphoric ester groups is 2. The normalized spacial score (nSPS) is 14.6. The molecule has 0 rings (SSSR count). The van der Waals surface area contributed by atoms with Gasteiger partial charge in [-0.15, -0.1) is 0 Å². The molecule has 0 aliphatic heterocycles. The fourth-order valence-electron chi connectivity index (χ4n) is 10.6. The summed E-state index contributed by atoms with van der Waals surface area (Å²) in [6, 6.07) is 0. The van der Waals surface area contributed by atoms with Crippen molar-refractivity contribution in [1.82, 2.24) is 0 Å². The summed E-state index contributed by atoms with van der Waals surface area (Å²) < 4.78 is 68.6. The van der Waals surface area contributed by atoms with Crippen LogP contribution in [0.2, 0.25) is 0 Å². The predicted molar refractivity (Wildman–Crippen MR) is 436 cm³/mol. The van der Waals surface area contributed by atoms with E-state index in [0.717, 1.165) is 173 Å². The molecule has 19 heteroatoms. The summed E-state index contributed by atoms with van der Waals surface area (Å²) in [4.78, 5) is 73.1. The molecule has 0 aromatic heterocycles. The van der Waals surface area contributed by atoms with Crippen LogP contribution in [0.5, 0.6) is 0 Å². The van der Waals surface area contributed by atoms with Gasteiger partial charge < -0.3 is 33.8 Å². The van der Waals surface area contributed by atoms with Gasteiger partial charge in [0, 0.05) is 25.7 Å². The fourth-order valence-corrected chi connectivity index (χ4v) is 12.2. The van der Waals surface area contributed by atoms with Crippen molar-refractivity contribution in [2.75, 3.05) is 39.6 Å². The molecule has 0 bridgehead atoms. The molecule has 0 aromatic rings. The first-order valence-electron chi connectivity index (χ1n) is 41.1. The summed E-state index contributed by atoms with van der Waals surface area (Å²) in [5, 5.41) is 10.7. The third-order valence-corrected chi connectivity index (χ3v) is 18.7. The standard InChI is InChI=1S/C87H146O17P2/c1-5-9-13-17-21-25-29-33-36-38-40-42-45-49-52-56-60-64-68-72-85(90)98-78-83(104-87(92)74-70-66-62-58-54-50-46-43-41-39-37-34-30-26-22-18-14-10-6-2)80-102-106(95,96)100-76-81(88)75-99-105(93,94)101-79-82(103-86(91)73-69-65-61-57-53-47-32-28-24-20-16-12-8-4)77-97-84(89)71-67-63-59-55-51-48-44-35-31-27-23-19-15-11-7-3/h9-10,13-14,16,20-22,25-26,28,32-34,36-37,40-43,49-50,52,54,81-83,88H,5-8,11-12,15,17-19,23-24,27,29-31,35,38-39,44-48,51,53,55-80H2,1-4H3,(H,93,94)(H,95,96)/b13-9-,14-10-,20-16-,25-21-,26-22-,32-28-,36-33-,37-34-,42-40-,43-41-,52-49-,54-50-. The van der Waals surface area contributed by atoms with Gasteiger partial charge in [-0.25, -0.2) is 9.13 Å². The van der Waals surface area contributed by atoms with E-state index in [1.165, 1.54) is 70.6 Å². The average Bonchev–Trinajstić information content (AvgIpc) is 0.903. The topological polar surface area (TPSA) is 237 Å². The molecule has 0 amide bonds. The van der Waals surface area contributed by atoms with E-state index in [1.54, 1.807) is 0 Å². The molecule has 17 nitrogen and oxygen atoms in total. The van der Waals surface area contributed by atoms with Crippen molar-refractivity contribution < 1.29 is 80.2 Å². The number of hydrogen-bond acceptors (Lipinski definition) is 15. The molecule has 0 saturated heterocycles. The van der Waals surface area contributed by atoms with Crippen molar-refractivity contribution in [3.8, 4) is 0 Å². The van der Waals surface area contributed by atoms with Gasteiger partial charge in [-0.2, -0.15) is 0 Å². The second-order valence-corrected chi connectivity index (χ2v) is 29.9. The van der Waals surface area contributed by atoms with E-state index in [-0.39, 0.29) is 25.7 Å². The van der Waals surface area contributed by atoms with Crippen LogP contribution in [0.15, 0.2) is 146 Å². The molecule has 5 atom stereocenters. The van der Waals surface area contributed by atoms with Crippen molar-refractivity contribution >= 4 is 39.5 Å². The van der Waals surface area contributed by atoms with E-state index >= 15 is 0 Å². The largest absolute Gasteiger partial charge is 0.472 e. The van der Waals surface area contributed by atoms with Crippen LogP contribution in [0.25, 0.3) is 0 Å². The summed E-state index contributed by atoms with van der Waals surface area (Å²) in [5.74, 6) is -2.26. The first kappa shape index (κ1) is 101. The summed E-state index contributed by atoms with van der Waals surface area (Å²) >= 11 is 0. The van der Waals surface area contributed by atoms with Crippen LogP contribution in [-0.4, -0.2) is 96.7 Å². The molecule has 0 radical (unpaired) electrons. The first-order valence-corrected chi connectivity index (χ1v) is 44.1. The van der Waals surface area contributed by atoms with Crippen LogP contribution in [0.1, 0.15) is 323 Å². The van der Waals surface area contributed by atoms with Crippen molar-refractivity contribution in [3.63, 3.8) is 0 Å². The number of esters is 4. The second-order valence-electron chi connectivity index (χ2n) is 27.0. The maximum absolute atomic E-state index is 13.1. The van der Waals surface area contributed by atoms with Gasteiger partial charge in [0.05, 0.1) is 26.4 Å². The Balaban J connectivity index is 5.44. The second kappa shape index (κ2) is 78.1. The van der Waals surface area contributed by atoms with Gasteiger partial charge in [0.2, 0.25) is 0 Å². The SMILES string of the molecule is CC/C=C\C/C=C\C/C=C\C/C=C\C/C=C\CCCCCC(=O)OCC(COP(=O)(O)OCC(O)COP(=O)(O)OCC(COC(=O)CCCCCCCCCCCCCCCCC)OC(=O)CCCCCCC/C=C\C/C=C\CCC)OC(=O)CCCCC/C=C\C/C=C\C/C=C\C/C=C\C/C=C\CC. The Kier molecular flexibility index (Phi) is 74.3. The molecule has 0 spiro atoms. The number of carbonyl (C=O) groups is 4. The maximum Gasteiger partial charge on any atom is 0.472 e. The Labute approximate surface area is 643 Å². The van der Waals surface area contributed by atoms with E-state index in [2.05, 4.69) is 174 Å². The number of phosphoric acid groups is 2. The molecule has 3 N–H and O–H groups in total. The Hall–Kier alpha value is -5.06. The van der Waals surface area contributed by atoms with Crippen molar-refractivity contribution in [2.24, 2.45) is 0 Å². The van der Waals surface area contributed by atoms with Crippen molar-refractivity contribution in [3.05, 3.63) is 146 Å². The lowest BCUT2D eigenvalue weighted by atomic mass is 10.0. The Bertz CT molecular complexity index is 2580. The highest BCUT2D eigenvalue weighted by molar-refractivity contribution is 7.47. The van der Waals surface area contributed by atoms with Crippen LogP contribution in [0.4, 0.5) is 0 Å². The zero-order valence-electron chi connectivity index (χ0n) is 66.3. The number of rotatable bonds is 76. The molecule has 0 aromatic carbocycles. The molecule has 5 unspecified atom stereocenters. The Morgan fingerprint density at radius 3 is 0.802 bits per heavy atom. The predicted octanol–water partition coefficient (Wildman–Crippen LogP) is 24.2. The van der Waals surface area contributed by atoms with Gasteiger partial charge >= 0.3 is 39.5 Å². The third-order valence-electron chi connectivity index (χ3n) is 16.8. The smallest absolute Gasteiger partial charge is 0.462 e. The number of allylic oxidation sites excluding steroid dienone is 24. The van der Waals surface area contributed by atoms with Crippen LogP contribution in [0, 0.1) is 0 Å². The quantitative estimate of drug-likeness (QED) is 0.0169. The minimum atomic E-state index is -5.00. The highest BCUT2D eigenvalue weighted by Crippen LogP contribution is 2.45. The number of carbonyl (C=O) groups excluding carboxylic acids is 4. The first-order chi connectivity index (χ1) is 51.7. The number of aliphatic hydroxyl groups excluding tert-OH is 1. The molecular weight excluding hydrogens is 1380 g/mol. The number of hydrogen-bond donors (Lipinski definition) is 3. The minimum absolute atomic E-state index is 0.0434. The van der Waals surface area contributed by atoms with Gasteiger partial charge in [0.25, 0.3) is 0 Å².